The highest BCUT2D eigenvalue weighted by Gasteiger charge is 2.36. The molecular weight excluding hydrogens is 739 g/mol. The smallest absolute Gasteiger partial charge is 0.159 e. The van der Waals surface area contributed by atoms with Gasteiger partial charge in [-0.1, -0.05) is 178 Å². The molecule has 0 bridgehead atoms. The standard InChI is InChI=1S/C59H43NO/c1-59(2)54-24-14-13-22-48(54)49-32-31-46(36-55(49)59)60(45-29-27-40(28-30-45)38-15-5-3-6-16-38)56-35-44(43-26-25-39-17-9-10-20-42(39)33-43)34-52-53-37-51(41-18-7-4-8-19-41)47-21-11-12-23-50(47)57(53)61-58(52)56/h3-27,29-37,40H,28H2,1-2H3. The third-order valence-electron chi connectivity index (χ3n) is 13.4. The van der Waals surface area contributed by atoms with Crippen LogP contribution < -0.4 is 4.90 Å². The van der Waals surface area contributed by atoms with Gasteiger partial charge in [0.15, 0.2) is 5.58 Å². The summed E-state index contributed by atoms with van der Waals surface area (Å²) in [5, 5.41) is 6.95. The van der Waals surface area contributed by atoms with Gasteiger partial charge in [-0.05, 0) is 115 Å². The minimum atomic E-state index is -0.156. The molecule has 2 aliphatic carbocycles. The van der Waals surface area contributed by atoms with Crippen molar-refractivity contribution in [1.29, 1.82) is 0 Å². The summed E-state index contributed by atoms with van der Waals surface area (Å²) >= 11 is 0. The van der Waals surface area contributed by atoms with Gasteiger partial charge in [-0.3, -0.25) is 0 Å². The molecule has 0 amide bonds. The van der Waals surface area contributed by atoms with Crippen LogP contribution in [-0.2, 0) is 5.41 Å². The van der Waals surface area contributed by atoms with Crippen LogP contribution in [0.1, 0.15) is 42.9 Å². The van der Waals surface area contributed by atoms with Crippen molar-refractivity contribution in [2.24, 2.45) is 0 Å². The lowest BCUT2D eigenvalue weighted by atomic mass is 9.82. The van der Waals surface area contributed by atoms with Crippen molar-refractivity contribution in [3.05, 3.63) is 229 Å². The van der Waals surface area contributed by atoms with E-state index in [2.05, 4.69) is 225 Å². The topological polar surface area (TPSA) is 16.4 Å². The molecule has 10 aromatic rings. The molecule has 61 heavy (non-hydrogen) atoms. The zero-order valence-corrected chi connectivity index (χ0v) is 34.3. The van der Waals surface area contributed by atoms with Gasteiger partial charge in [0.05, 0.1) is 5.69 Å². The van der Waals surface area contributed by atoms with Crippen LogP contribution in [0.2, 0.25) is 0 Å². The maximum atomic E-state index is 7.32. The first-order valence-electron chi connectivity index (χ1n) is 21.4. The monoisotopic (exact) mass is 781 g/mol. The number of benzene rings is 9. The summed E-state index contributed by atoms with van der Waals surface area (Å²) in [5.41, 5.74) is 16.3. The van der Waals surface area contributed by atoms with Crippen LogP contribution in [0.15, 0.2) is 216 Å². The van der Waals surface area contributed by atoms with Crippen molar-refractivity contribution < 1.29 is 4.42 Å². The van der Waals surface area contributed by atoms with E-state index in [1.807, 2.05) is 0 Å². The molecule has 0 N–H and O–H groups in total. The molecule has 0 radical (unpaired) electrons. The summed E-state index contributed by atoms with van der Waals surface area (Å²) in [6.45, 7) is 4.73. The lowest BCUT2D eigenvalue weighted by Crippen LogP contribution is -2.19. The molecule has 290 valence electrons. The Morgan fingerprint density at radius 2 is 1.20 bits per heavy atom. The van der Waals surface area contributed by atoms with Gasteiger partial charge in [0.1, 0.15) is 5.58 Å². The SMILES string of the molecule is CC1(C)c2ccccc2-c2ccc(N(C3=CCC(c4ccccc4)C=C3)c3cc(-c4ccc5ccccc5c4)cc4c3oc3c5ccccc5c(-c5ccccc5)cc43)cc21. The van der Waals surface area contributed by atoms with Crippen molar-refractivity contribution in [2.75, 3.05) is 4.90 Å². The van der Waals surface area contributed by atoms with E-state index < -0.39 is 0 Å². The molecule has 1 atom stereocenters. The van der Waals surface area contributed by atoms with E-state index in [1.54, 1.807) is 0 Å². The summed E-state index contributed by atoms with van der Waals surface area (Å²) < 4.78 is 7.32. The van der Waals surface area contributed by atoms with Crippen LogP contribution in [-0.4, -0.2) is 0 Å². The maximum absolute atomic E-state index is 7.32. The van der Waals surface area contributed by atoms with E-state index in [0.29, 0.717) is 5.92 Å². The van der Waals surface area contributed by atoms with Crippen LogP contribution in [0.5, 0.6) is 0 Å². The van der Waals surface area contributed by atoms with Crippen molar-refractivity contribution in [2.45, 2.75) is 31.6 Å². The van der Waals surface area contributed by atoms with Gasteiger partial charge in [-0.25, -0.2) is 0 Å². The Hall–Kier alpha value is -7.42. The Morgan fingerprint density at radius 1 is 0.492 bits per heavy atom. The van der Waals surface area contributed by atoms with Crippen LogP contribution >= 0.6 is 0 Å². The molecule has 0 saturated heterocycles. The maximum Gasteiger partial charge on any atom is 0.159 e. The molecule has 0 aliphatic heterocycles. The van der Waals surface area contributed by atoms with Crippen LogP contribution in [0.4, 0.5) is 11.4 Å². The first-order chi connectivity index (χ1) is 30.0. The molecule has 9 aromatic carbocycles. The predicted octanol–water partition coefficient (Wildman–Crippen LogP) is 16.3. The van der Waals surface area contributed by atoms with Crippen molar-refractivity contribution in [3.8, 4) is 33.4 Å². The highest BCUT2D eigenvalue weighted by atomic mass is 16.3. The molecule has 12 rings (SSSR count). The van der Waals surface area contributed by atoms with Crippen LogP contribution in [0, 0.1) is 0 Å². The fourth-order valence-corrected chi connectivity index (χ4v) is 10.2. The predicted molar refractivity (Wildman–Crippen MR) is 257 cm³/mol. The highest BCUT2D eigenvalue weighted by Crippen LogP contribution is 2.52. The van der Waals surface area contributed by atoms with E-state index in [0.717, 1.165) is 56.4 Å². The molecule has 2 nitrogen and oxygen atoms in total. The molecule has 2 heteroatoms. The molecule has 1 heterocycles. The Balaban J connectivity index is 1.15. The van der Waals surface area contributed by atoms with Crippen molar-refractivity contribution >= 4 is 54.9 Å². The molecule has 2 aliphatic rings. The number of fused-ring (bicyclic) bond motifs is 9. The van der Waals surface area contributed by atoms with E-state index in [-0.39, 0.29) is 5.41 Å². The highest BCUT2D eigenvalue weighted by molar-refractivity contribution is 6.21. The number of hydrogen-bond acceptors (Lipinski definition) is 2. The van der Waals surface area contributed by atoms with Gasteiger partial charge in [0, 0.05) is 38.9 Å². The second kappa shape index (κ2) is 13.8. The third kappa shape index (κ3) is 5.70. The first kappa shape index (κ1) is 35.5. The van der Waals surface area contributed by atoms with Crippen LogP contribution in [0.3, 0.4) is 0 Å². The fourth-order valence-electron chi connectivity index (χ4n) is 10.2. The average Bonchev–Trinajstić information content (AvgIpc) is 3.81. The van der Waals surface area contributed by atoms with Gasteiger partial charge in [0.25, 0.3) is 0 Å². The number of rotatable bonds is 6. The van der Waals surface area contributed by atoms with Gasteiger partial charge in [-0.15, -0.1) is 0 Å². The van der Waals surface area contributed by atoms with Gasteiger partial charge < -0.3 is 9.32 Å². The van der Waals surface area contributed by atoms with E-state index in [9.17, 15) is 0 Å². The van der Waals surface area contributed by atoms with Crippen LogP contribution in [0.25, 0.3) is 76.9 Å². The summed E-state index contributed by atoms with van der Waals surface area (Å²) in [7, 11) is 0. The van der Waals surface area contributed by atoms with Gasteiger partial charge >= 0.3 is 0 Å². The fraction of sp³-hybridized carbons (Fsp3) is 0.0847. The average molecular weight is 782 g/mol. The first-order valence-corrected chi connectivity index (χ1v) is 21.4. The summed E-state index contributed by atoms with van der Waals surface area (Å²) in [6, 6.07) is 68.9. The lowest BCUT2D eigenvalue weighted by Gasteiger charge is -2.31. The second-order valence-electron chi connectivity index (χ2n) is 17.2. The molecule has 0 saturated carbocycles. The summed E-state index contributed by atoms with van der Waals surface area (Å²) in [6.07, 6.45) is 8.03. The molecule has 0 fully saturated rings. The normalized spacial score (nSPS) is 15.3. The number of nitrogens with zero attached hydrogens (tertiary/aromatic N) is 1. The Labute approximate surface area is 356 Å². The number of hydrogen-bond donors (Lipinski definition) is 0. The van der Waals surface area contributed by atoms with E-state index in [1.165, 1.54) is 60.7 Å². The van der Waals surface area contributed by atoms with E-state index >= 15 is 0 Å². The third-order valence-corrected chi connectivity index (χ3v) is 13.4. The molecule has 1 unspecified atom stereocenters. The quantitative estimate of drug-likeness (QED) is 0.167. The number of anilines is 2. The van der Waals surface area contributed by atoms with Gasteiger partial charge in [0.2, 0.25) is 0 Å². The summed E-state index contributed by atoms with van der Waals surface area (Å²) in [5.74, 6) is 0.304. The van der Waals surface area contributed by atoms with E-state index in [4.69, 9.17) is 4.42 Å². The van der Waals surface area contributed by atoms with Crippen molar-refractivity contribution in [1.82, 2.24) is 0 Å². The molecule has 0 spiro atoms. The lowest BCUT2D eigenvalue weighted by molar-refractivity contribution is 0.660. The zero-order valence-electron chi connectivity index (χ0n) is 34.3. The minimum absolute atomic E-state index is 0.156. The Kier molecular flexibility index (Phi) is 8.05. The minimum Gasteiger partial charge on any atom is -0.453 e. The van der Waals surface area contributed by atoms with Gasteiger partial charge in [-0.2, -0.15) is 0 Å². The zero-order chi connectivity index (χ0) is 40.7. The molecular formula is C59H43NO. The number of allylic oxidation sites excluding steroid dienone is 3. The molecule has 1 aromatic heterocycles. The Morgan fingerprint density at radius 3 is 2.02 bits per heavy atom. The Bertz CT molecular complexity index is 3420. The second-order valence-corrected chi connectivity index (χ2v) is 17.2. The largest absolute Gasteiger partial charge is 0.453 e. The summed E-state index contributed by atoms with van der Waals surface area (Å²) in [4.78, 5) is 2.46. The number of furan rings is 1. The van der Waals surface area contributed by atoms with Crippen molar-refractivity contribution in [3.63, 3.8) is 0 Å².